The molecule has 0 fully saturated rings. The maximum absolute atomic E-state index is 12.8. The van der Waals surface area contributed by atoms with E-state index in [1.54, 1.807) is 30.0 Å². The molecule has 29 heavy (non-hydrogen) atoms. The number of carboxylic acids is 1. The molecule has 4 nitrogen and oxygen atoms in total. The van der Waals surface area contributed by atoms with Crippen molar-refractivity contribution in [2.24, 2.45) is 0 Å². The average molecular weight is 448 g/mol. The lowest BCUT2D eigenvalue weighted by atomic mass is 10.0. The van der Waals surface area contributed by atoms with Crippen LogP contribution < -0.4 is 5.43 Å². The van der Waals surface area contributed by atoms with Crippen LogP contribution in [0.5, 0.6) is 0 Å². The van der Waals surface area contributed by atoms with Crippen molar-refractivity contribution in [3.8, 4) is 11.3 Å². The summed E-state index contributed by atoms with van der Waals surface area (Å²) >= 11 is 13.8. The summed E-state index contributed by atoms with van der Waals surface area (Å²) in [6.45, 7) is 2.41. The molecule has 0 aliphatic rings. The monoisotopic (exact) mass is 447 g/mol. The smallest absolute Gasteiger partial charge is 0.341 e. The number of thioether (sulfide) groups is 1. The van der Waals surface area contributed by atoms with E-state index in [-0.39, 0.29) is 5.56 Å². The number of aromatic carboxylic acids is 1. The van der Waals surface area contributed by atoms with Crippen LogP contribution in [0.25, 0.3) is 11.3 Å². The second-order valence-corrected chi connectivity index (χ2v) is 8.05. The molecule has 0 atom stereocenters. The number of nitrogens with zero attached hydrogens (tertiary/aromatic N) is 1. The fourth-order valence-corrected chi connectivity index (χ4v) is 4.31. The van der Waals surface area contributed by atoms with E-state index in [1.165, 1.54) is 6.07 Å². The molecule has 1 N–H and O–H groups in total. The summed E-state index contributed by atoms with van der Waals surface area (Å²) in [6.07, 6.45) is 2.51. The number of rotatable bonds is 6. The fraction of sp³-hybridized carbons (Fsp3) is 0.182. The van der Waals surface area contributed by atoms with Gasteiger partial charge in [-0.2, -0.15) is 0 Å². The van der Waals surface area contributed by atoms with Crippen LogP contribution in [0.1, 0.15) is 28.5 Å². The molecule has 3 rings (SSSR count). The minimum absolute atomic E-state index is 0.271. The molecular weight excluding hydrogens is 429 g/mol. The molecule has 0 amide bonds. The van der Waals surface area contributed by atoms with Gasteiger partial charge in [0.15, 0.2) is 5.43 Å². The Hall–Kier alpha value is -2.21. The summed E-state index contributed by atoms with van der Waals surface area (Å²) in [7, 11) is 0. The molecule has 0 bridgehead atoms. The average Bonchev–Trinajstić information content (AvgIpc) is 2.69. The van der Waals surface area contributed by atoms with Gasteiger partial charge in [-0.1, -0.05) is 47.5 Å². The quantitative estimate of drug-likeness (QED) is 0.481. The van der Waals surface area contributed by atoms with Gasteiger partial charge >= 0.3 is 5.97 Å². The van der Waals surface area contributed by atoms with E-state index in [0.717, 1.165) is 16.2 Å². The normalized spacial score (nSPS) is 10.9. The maximum atomic E-state index is 12.8. The zero-order valence-corrected chi connectivity index (χ0v) is 18.2. The number of hydrogen-bond acceptors (Lipinski definition) is 3. The lowest BCUT2D eigenvalue weighted by Gasteiger charge is -2.20. The van der Waals surface area contributed by atoms with Gasteiger partial charge in [-0.15, -0.1) is 11.8 Å². The van der Waals surface area contributed by atoms with E-state index in [1.807, 2.05) is 42.0 Å². The van der Waals surface area contributed by atoms with Gasteiger partial charge in [-0.05, 0) is 36.9 Å². The van der Waals surface area contributed by atoms with Crippen LogP contribution in [0.15, 0.2) is 58.2 Å². The summed E-state index contributed by atoms with van der Waals surface area (Å²) in [5.41, 5.74) is 1.89. The number of halogens is 2. The molecule has 0 aliphatic heterocycles. The van der Waals surface area contributed by atoms with Crippen molar-refractivity contribution in [3.63, 3.8) is 0 Å². The lowest BCUT2D eigenvalue weighted by Crippen LogP contribution is -2.23. The minimum Gasteiger partial charge on any atom is -0.477 e. The number of pyridine rings is 1. The van der Waals surface area contributed by atoms with Crippen molar-refractivity contribution in [1.82, 2.24) is 4.57 Å². The standard InChI is InChI=1S/C22H19Cl2NO3S/c1-3-25-15(10-13-6-4-5-7-19(13)29-2)12-18(26)20(22(27)28)21(25)14-8-9-16(23)17(24)11-14/h4-9,11-12H,3,10H2,1-2H3,(H,27,28). The first kappa shape index (κ1) is 21.5. The van der Waals surface area contributed by atoms with Crippen molar-refractivity contribution in [1.29, 1.82) is 0 Å². The van der Waals surface area contributed by atoms with Crippen LogP contribution in [-0.2, 0) is 13.0 Å². The molecule has 1 heterocycles. The summed E-state index contributed by atoms with van der Waals surface area (Å²) in [4.78, 5) is 25.8. The Balaban J connectivity index is 2.29. The maximum Gasteiger partial charge on any atom is 0.341 e. The first-order valence-electron chi connectivity index (χ1n) is 8.94. The molecule has 7 heteroatoms. The molecule has 0 radical (unpaired) electrons. The SMILES string of the molecule is CCn1c(Cc2ccccc2SC)cc(=O)c(C(=O)O)c1-c1ccc(Cl)c(Cl)c1. The molecule has 0 saturated carbocycles. The largest absolute Gasteiger partial charge is 0.477 e. The third kappa shape index (κ3) is 4.37. The molecule has 3 aromatic rings. The molecule has 150 valence electrons. The lowest BCUT2D eigenvalue weighted by molar-refractivity contribution is 0.0695. The highest BCUT2D eigenvalue weighted by molar-refractivity contribution is 7.98. The Labute approximate surface area is 183 Å². The van der Waals surface area contributed by atoms with E-state index < -0.39 is 11.4 Å². The predicted molar refractivity (Wildman–Crippen MR) is 120 cm³/mol. The van der Waals surface area contributed by atoms with Gasteiger partial charge in [0.25, 0.3) is 0 Å². The summed E-state index contributed by atoms with van der Waals surface area (Å²) in [5, 5.41) is 10.4. The second kappa shape index (κ2) is 9.08. The molecular formula is C22H19Cl2NO3S. The second-order valence-electron chi connectivity index (χ2n) is 6.39. The summed E-state index contributed by atoms with van der Waals surface area (Å²) < 4.78 is 1.86. The summed E-state index contributed by atoms with van der Waals surface area (Å²) in [5.74, 6) is -1.27. The number of aromatic nitrogens is 1. The first-order chi connectivity index (χ1) is 13.9. The fourth-order valence-electron chi connectivity index (χ4n) is 3.40. The van der Waals surface area contributed by atoms with Crippen molar-refractivity contribution >= 4 is 40.9 Å². The van der Waals surface area contributed by atoms with Gasteiger partial charge in [-0.25, -0.2) is 4.79 Å². The Morgan fingerprint density at radius 3 is 2.45 bits per heavy atom. The van der Waals surface area contributed by atoms with Crippen LogP contribution in [0.4, 0.5) is 0 Å². The van der Waals surface area contributed by atoms with Crippen LogP contribution in [0.3, 0.4) is 0 Å². The van der Waals surface area contributed by atoms with Crippen LogP contribution >= 0.6 is 35.0 Å². The van der Waals surface area contributed by atoms with Crippen LogP contribution in [0.2, 0.25) is 10.0 Å². The van der Waals surface area contributed by atoms with Gasteiger partial charge in [0.05, 0.1) is 15.7 Å². The highest BCUT2D eigenvalue weighted by Gasteiger charge is 2.22. The van der Waals surface area contributed by atoms with Crippen LogP contribution in [0, 0.1) is 0 Å². The van der Waals surface area contributed by atoms with E-state index in [2.05, 4.69) is 0 Å². The molecule has 2 aromatic carbocycles. The number of benzene rings is 2. The van der Waals surface area contributed by atoms with Gasteiger partial charge < -0.3 is 9.67 Å². The van der Waals surface area contributed by atoms with E-state index in [4.69, 9.17) is 23.2 Å². The molecule has 0 unspecified atom stereocenters. The van der Waals surface area contributed by atoms with Gasteiger partial charge in [-0.3, -0.25) is 4.79 Å². The van der Waals surface area contributed by atoms with E-state index >= 15 is 0 Å². The topological polar surface area (TPSA) is 59.3 Å². The number of hydrogen-bond donors (Lipinski definition) is 1. The number of carbonyl (C=O) groups is 1. The van der Waals surface area contributed by atoms with Crippen molar-refractivity contribution in [2.45, 2.75) is 24.8 Å². The number of carboxylic acid groups (broad SMARTS) is 1. The third-order valence-electron chi connectivity index (χ3n) is 4.68. The Kier molecular flexibility index (Phi) is 6.73. The van der Waals surface area contributed by atoms with E-state index in [0.29, 0.717) is 34.3 Å². The molecule has 0 saturated heterocycles. The van der Waals surface area contributed by atoms with E-state index in [9.17, 15) is 14.7 Å². The first-order valence-corrected chi connectivity index (χ1v) is 10.9. The van der Waals surface area contributed by atoms with Gasteiger partial charge in [0, 0.05) is 35.2 Å². The molecule has 0 aliphatic carbocycles. The third-order valence-corrected chi connectivity index (χ3v) is 6.26. The van der Waals surface area contributed by atoms with Crippen molar-refractivity contribution < 1.29 is 9.90 Å². The van der Waals surface area contributed by atoms with Gasteiger partial charge in [0.1, 0.15) is 5.56 Å². The van der Waals surface area contributed by atoms with Crippen LogP contribution in [-0.4, -0.2) is 21.9 Å². The summed E-state index contributed by atoms with van der Waals surface area (Å²) in [6, 6.07) is 14.3. The molecule has 0 spiro atoms. The van der Waals surface area contributed by atoms with Crippen molar-refractivity contribution in [3.05, 3.63) is 85.6 Å². The molecule has 1 aromatic heterocycles. The zero-order valence-electron chi connectivity index (χ0n) is 15.9. The highest BCUT2D eigenvalue weighted by Crippen LogP contribution is 2.31. The Morgan fingerprint density at radius 2 is 1.83 bits per heavy atom. The zero-order chi connectivity index (χ0) is 21.1. The Bertz CT molecular complexity index is 1140. The highest BCUT2D eigenvalue weighted by atomic mass is 35.5. The van der Waals surface area contributed by atoms with Crippen molar-refractivity contribution in [2.75, 3.05) is 6.26 Å². The predicted octanol–water partition coefficient (Wildman–Crippen LogP) is 5.85. The Morgan fingerprint density at radius 1 is 1.10 bits per heavy atom. The van der Waals surface area contributed by atoms with Gasteiger partial charge in [0.2, 0.25) is 0 Å². The minimum atomic E-state index is -1.27.